The summed E-state index contributed by atoms with van der Waals surface area (Å²) in [5.74, 6) is 0.0903. The van der Waals surface area contributed by atoms with Crippen molar-refractivity contribution in [3.05, 3.63) is 95.2 Å². The number of hydrogen-bond donors (Lipinski definition) is 1. The van der Waals surface area contributed by atoms with E-state index in [2.05, 4.69) is 4.98 Å². The number of benzene rings is 2. The highest BCUT2D eigenvalue weighted by Gasteiger charge is 2.27. The molecule has 0 bridgehead atoms. The van der Waals surface area contributed by atoms with Gasteiger partial charge in [0.15, 0.2) is 0 Å². The third kappa shape index (κ3) is 3.50. The first-order valence-corrected chi connectivity index (χ1v) is 11.7. The maximum atomic E-state index is 13.4. The van der Waals surface area contributed by atoms with Gasteiger partial charge in [0.1, 0.15) is 5.65 Å². The van der Waals surface area contributed by atoms with Crippen LogP contribution in [0.5, 0.6) is 0 Å². The zero-order chi connectivity index (χ0) is 23.1. The molecule has 7 heteroatoms. The minimum absolute atomic E-state index is 0.0794. The zero-order valence-corrected chi connectivity index (χ0v) is 18.7. The number of imidazole rings is 2. The van der Waals surface area contributed by atoms with E-state index in [1.54, 1.807) is 0 Å². The second kappa shape index (κ2) is 8.33. The van der Waals surface area contributed by atoms with Gasteiger partial charge in [0, 0.05) is 30.9 Å². The summed E-state index contributed by atoms with van der Waals surface area (Å²) >= 11 is 0. The zero-order valence-electron chi connectivity index (χ0n) is 18.7. The molecule has 1 aliphatic heterocycles. The van der Waals surface area contributed by atoms with E-state index in [0.717, 1.165) is 46.5 Å². The molecule has 3 aromatic heterocycles. The molecule has 0 spiro atoms. The quantitative estimate of drug-likeness (QED) is 0.448. The van der Waals surface area contributed by atoms with Crippen molar-refractivity contribution < 1.29 is 4.79 Å². The molecule has 2 aromatic carbocycles. The lowest BCUT2D eigenvalue weighted by molar-refractivity contribution is -0.131. The van der Waals surface area contributed by atoms with Crippen LogP contribution in [0.2, 0.25) is 0 Å². The van der Waals surface area contributed by atoms with Crippen LogP contribution in [0, 0.1) is 0 Å². The number of para-hydroxylation sites is 2. The highest BCUT2D eigenvalue weighted by molar-refractivity contribution is 5.82. The number of piperidine rings is 1. The number of amides is 1. The molecule has 4 heterocycles. The van der Waals surface area contributed by atoms with Crippen molar-refractivity contribution >= 4 is 22.6 Å². The topological polar surface area (TPSA) is 75.4 Å². The maximum Gasteiger partial charge on any atom is 0.326 e. The molecular formula is C27H25N5O2. The van der Waals surface area contributed by atoms with E-state index < -0.39 is 0 Å². The average molecular weight is 452 g/mol. The Labute approximate surface area is 196 Å². The Kier molecular flexibility index (Phi) is 5.02. The predicted molar refractivity (Wildman–Crippen MR) is 132 cm³/mol. The second-order valence-electron chi connectivity index (χ2n) is 8.81. The molecule has 0 saturated carbocycles. The molecular weight excluding hydrogens is 426 g/mol. The van der Waals surface area contributed by atoms with Crippen LogP contribution >= 0.6 is 0 Å². The number of likely N-dealkylation sites (tertiary alicyclic amines) is 1. The summed E-state index contributed by atoms with van der Waals surface area (Å²) < 4.78 is 3.87. The molecule has 1 fully saturated rings. The number of carbonyl (C=O) groups is 1. The Balaban J connectivity index is 1.23. The summed E-state index contributed by atoms with van der Waals surface area (Å²) in [7, 11) is 0. The van der Waals surface area contributed by atoms with Crippen molar-refractivity contribution in [3.8, 4) is 11.3 Å². The Hall–Kier alpha value is -4.13. The van der Waals surface area contributed by atoms with Gasteiger partial charge in [-0.15, -0.1) is 0 Å². The number of H-pyrrole nitrogens is 1. The summed E-state index contributed by atoms with van der Waals surface area (Å²) in [4.78, 5) is 35.6. The number of nitrogens with one attached hydrogen (secondary N) is 1. The van der Waals surface area contributed by atoms with E-state index in [4.69, 9.17) is 4.98 Å². The summed E-state index contributed by atoms with van der Waals surface area (Å²) in [6.45, 7) is 1.26. The van der Waals surface area contributed by atoms with Gasteiger partial charge in [0.25, 0.3) is 0 Å². The number of hydrogen-bond acceptors (Lipinski definition) is 3. The van der Waals surface area contributed by atoms with E-state index in [1.165, 1.54) is 0 Å². The molecule has 1 N–H and O–H groups in total. The monoisotopic (exact) mass is 451 g/mol. The smallest absolute Gasteiger partial charge is 0.326 e. The van der Waals surface area contributed by atoms with Crippen LogP contribution in [0.1, 0.15) is 24.6 Å². The Morgan fingerprint density at radius 1 is 0.941 bits per heavy atom. The number of rotatable bonds is 4. The largest absolute Gasteiger partial charge is 0.342 e. The van der Waals surface area contributed by atoms with Gasteiger partial charge >= 0.3 is 5.69 Å². The summed E-state index contributed by atoms with van der Waals surface area (Å²) in [6, 6.07) is 23.7. The first kappa shape index (κ1) is 20.5. The van der Waals surface area contributed by atoms with Gasteiger partial charge in [0.2, 0.25) is 5.91 Å². The molecule has 34 heavy (non-hydrogen) atoms. The molecule has 170 valence electrons. The lowest BCUT2D eigenvalue weighted by atomic mass is 10.0. The third-order valence-electron chi connectivity index (χ3n) is 6.80. The van der Waals surface area contributed by atoms with Crippen LogP contribution in [0.25, 0.3) is 27.9 Å². The normalized spacial score (nSPS) is 14.8. The minimum atomic E-state index is -0.0794. The molecule has 1 aliphatic rings. The first-order chi connectivity index (χ1) is 16.7. The van der Waals surface area contributed by atoms with Crippen molar-refractivity contribution in [3.63, 3.8) is 0 Å². The van der Waals surface area contributed by atoms with Crippen LogP contribution in [0.15, 0.2) is 83.8 Å². The molecule has 0 radical (unpaired) electrons. The summed E-state index contributed by atoms with van der Waals surface area (Å²) in [6.07, 6.45) is 3.76. The van der Waals surface area contributed by atoms with Crippen molar-refractivity contribution in [2.24, 2.45) is 0 Å². The van der Waals surface area contributed by atoms with Crippen molar-refractivity contribution in [1.82, 2.24) is 23.8 Å². The number of carbonyl (C=O) groups excluding carboxylic acids is 1. The molecule has 0 unspecified atom stereocenters. The molecule has 1 saturated heterocycles. The molecule has 0 atom stereocenters. The lowest BCUT2D eigenvalue weighted by Gasteiger charge is -2.32. The van der Waals surface area contributed by atoms with Crippen molar-refractivity contribution in [2.75, 3.05) is 13.1 Å². The number of aromatic nitrogens is 4. The van der Waals surface area contributed by atoms with Crippen LogP contribution in [0.4, 0.5) is 0 Å². The third-order valence-corrected chi connectivity index (χ3v) is 6.80. The molecule has 6 rings (SSSR count). The average Bonchev–Trinajstić information content (AvgIpc) is 3.41. The Morgan fingerprint density at radius 3 is 2.50 bits per heavy atom. The fraction of sp³-hybridized carbons (Fsp3) is 0.222. The van der Waals surface area contributed by atoms with Crippen LogP contribution in [-0.4, -0.2) is 42.8 Å². The molecule has 1 amide bonds. The van der Waals surface area contributed by atoms with Gasteiger partial charge < -0.3 is 14.3 Å². The fourth-order valence-corrected chi connectivity index (χ4v) is 5.11. The Morgan fingerprint density at radius 2 is 1.68 bits per heavy atom. The standard InChI is InChI=1S/C27H25N5O2/c33-25(18-23-26(19-8-2-1-3-9-19)29-24-12-6-7-15-31(23)24)30-16-13-20(14-17-30)32-22-11-5-4-10-21(22)28-27(32)34/h1-12,15,20H,13-14,16-18H2,(H,28,34). The molecule has 0 aliphatic carbocycles. The van der Waals surface area contributed by atoms with Crippen LogP contribution in [0.3, 0.4) is 0 Å². The number of aromatic amines is 1. The van der Waals surface area contributed by atoms with Gasteiger partial charge in [-0.2, -0.15) is 0 Å². The predicted octanol–water partition coefficient (Wildman–Crippen LogP) is 4.05. The van der Waals surface area contributed by atoms with Gasteiger partial charge in [-0.1, -0.05) is 48.5 Å². The molecule has 7 nitrogen and oxygen atoms in total. The van der Waals surface area contributed by atoms with E-state index >= 15 is 0 Å². The minimum Gasteiger partial charge on any atom is -0.342 e. The number of nitrogens with zero attached hydrogens (tertiary/aromatic N) is 4. The van der Waals surface area contributed by atoms with E-state index in [0.29, 0.717) is 13.1 Å². The van der Waals surface area contributed by atoms with Gasteiger partial charge in [-0.25, -0.2) is 9.78 Å². The van der Waals surface area contributed by atoms with E-state index in [-0.39, 0.29) is 24.1 Å². The summed E-state index contributed by atoms with van der Waals surface area (Å²) in [5.41, 5.74) is 5.29. The maximum absolute atomic E-state index is 13.4. The highest BCUT2D eigenvalue weighted by Crippen LogP contribution is 2.28. The highest BCUT2D eigenvalue weighted by atomic mass is 16.2. The lowest BCUT2D eigenvalue weighted by Crippen LogP contribution is -2.41. The van der Waals surface area contributed by atoms with Gasteiger partial charge in [0.05, 0.1) is 28.8 Å². The van der Waals surface area contributed by atoms with Crippen LogP contribution in [-0.2, 0) is 11.2 Å². The first-order valence-electron chi connectivity index (χ1n) is 11.7. The number of pyridine rings is 1. The molecule has 5 aromatic rings. The van der Waals surface area contributed by atoms with Crippen LogP contribution < -0.4 is 5.69 Å². The van der Waals surface area contributed by atoms with E-state index in [1.807, 2.05) is 92.9 Å². The van der Waals surface area contributed by atoms with Gasteiger partial charge in [-0.05, 0) is 37.1 Å². The fourth-order valence-electron chi connectivity index (χ4n) is 5.11. The summed E-state index contributed by atoms with van der Waals surface area (Å²) in [5, 5.41) is 0. The van der Waals surface area contributed by atoms with Gasteiger partial charge in [-0.3, -0.25) is 9.36 Å². The van der Waals surface area contributed by atoms with Crippen molar-refractivity contribution in [1.29, 1.82) is 0 Å². The number of fused-ring (bicyclic) bond motifs is 2. The van der Waals surface area contributed by atoms with E-state index in [9.17, 15) is 9.59 Å². The van der Waals surface area contributed by atoms with Crippen molar-refractivity contribution in [2.45, 2.75) is 25.3 Å². The SMILES string of the molecule is O=C(Cc1c(-c2ccccc2)nc2ccccn12)N1CCC(n2c(=O)[nH]c3ccccc32)CC1. The Bertz CT molecular complexity index is 1540. The second-order valence-corrected chi connectivity index (χ2v) is 8.81.